The van der Waals surface area contributed by atoms with E-state index in [1.165, 1.54) is 14.0 Å². The zero-order valence-electron chi connectivity index (χ0n) is 14.1. The highest BCUT2D eigenvalue weighted by atomic mass is 16.5. The van der Waals surface area contributed by atoms with Crippen LogP contribution in [0, 0.1) is 5.92 Å². The molecule has 0 saturated heterocycles. The number of methoxy groups -OCH3 is 1. The molecule has 2 amide bonds. The number of carbonyl (C=O) groups is 3. The Morgan fingerprint density at radius 3 is 2.33 bits per heavy atom. The SMILES string of the molecule is COC(=O)[C@@H](CC1CC1)NC(=O)[C@H](Cc1ccccc1)NC(C)=O. The van der Waals surface area contributed by atoms with E-state index in [1.807, 2.05) is 30.3 Å². The number of hydrogen-bond donors (Lipinski definition) is 2. The molecule has 0 spiro atoms. The molecule has 24 heavy (non-hydrogen) atoms. The van der Waals surface area contributed by atoms with Crippen molar-refractivity contribution < 1.29 is 19.1 Å². The Bertz CT molecular complexity index is 584. The van der Waals surface area contributed by atoms with Crippen molar-refractivity contribution in [1.82, 2.24) is 10.6 Å². The summed E-state index contributed by atoms with van der Waals surface area (Å²) in [5, 5.41) is 5.39. The van der Waals surface area contributed by atoms with Gasteiger partial charge in [-0.15, -0.1) is 0 Å². The Labute approximate surface area is 142 Å². The lowest BCUT2D eigenvalue weighted by Crippen LogP contribution is -2.52. The summed E-state index contributed by atoms with van der Waals surface area (Å²) < 4.78 is 4.78. The number of nitrogens with one attached hydrogen (secondary N) is 2. The van der Waals surface area contributed by atoms with Gasteiger partial charge in [0.1, 0.15) is 12.1 Å². The molecule has 0 heterocycles. The van der Waals surface area contributed by atoms with Crippen molar-refractivity contribution in [2.45, 2.75) is 44.7 Å². The quantitative estimate of drug-likeness (QED) is 0.701. The summed E-state index contributed by atoms with van der Waals surface area (Å²) in [6.07, 6.45) is 3.09. The molecule has 6 nitrogen and oxygen atoms in total. The van der Waals surface area contributed by atoms with E-state index < -0.39 is 18.1 Å². The maximum atomic E-state index is 12.6. The number of amides is 2. The monoisotopic (exact) mass is 332 g/mol. The lowest BCUT2D eigenvalue weighted by molar-refractivity contribution is -0.145. The Morgan fingerprint density at radius 1 is 1.12 bits per heavy atom. The van der Waals surface area contributed by atoms with E-state index in [2.05, 4.69) is 10.6 Å². The zero-order valence-corrected chi connectivity index (χ0v) is 14.1. The third-order valence-corrected chi connectivity index (χ3v) is 4.04. The average Bonchev–Trinajstić information content (AvgIpc) is 3.37. The van der Waals surface area contributed by atoms with Crippen LogP contribution in [0.3, 0.4) is 0 Å². The first-order chi connectivity index (χ1) is 11.5. The van der Waals surface area contributed by atoms with Crippen LogP contribution < -0.4 is 10.6 Å². The number of esters is 1. The van der Waals surface area contributed by atoms with Gasteiger partial charge in [0.15, 0.2) is 0 Å². The summed E-state index contributed by atoms with van der Waals surface area (Å²) in [6.45, 7) is 1.37. The van der Waals surface area contributed by atoms with E-state index in [0.717, 1.165) is 18.4 Å². The molecule has 1 saturated carbocycles. The van der Waals surface area contributed by atoms with E-state index in [4.69, 9.17) is 4.74 Å². The van der Waals surface area contributed by atoms with Crippen molar-refractivity contribution in [3.63, 3.8) is 0 Å². The molecule has 0 aliphatic heterocycles. The highest BCUT2D eigenvalue weighted by Crippen LogP contribution is 2.33. The van der Waals surface area contributed by atoms with Gasteiger partial charge in [-0.2, -0.15) is 0 Å². The molecular weight excluding hydrogens is 308 g/mol. The molecule has 1 aromatic rings. The van der Waals surface area contributed by atoms with Crippen molar-refractivity contribution in [2.75, 3.05) is 7.11 Å². The fourth-order valence-electron chi connectivity index (χ4n) is 2.62. The molecule has 1 aliphatic carbocycles. The fraction of sp³-hybridized carbons (Fsp3) is 0.500. The lowest BCUT2D eigenvalue weighted by atomic mass is 10.0. The summed E-state index contributed by atoms with van der Waals surface area (Å²) in [5.74, 6) is -0.646. The highest BCUT2D eigenvalue weighted by Gasteiger charge is 2.32. The molecule has 0 unspecified atom stereocenters. The second kappa shape index (κ2) is 8.47. The maximum Gasteiger partial charge on any atom is 0.328 e. The summed E-state index contributed by atoms with van der Waals surface area (Å²) in [6, 6.07) is 8.04. The molecule has 1 aliphatic rings. The van der Waals surface area contributed by atoms with Crippen LogP contribution in [-0.4, -0.2) is 37.0 Å². The largest absolute Gasteiger partial charge is 0.467 e. The number of benzene rings is 1. The van der Waals surface area contributed by atoms with Crippen molar-refractivity contribution in [3.05, 3.63) is 35.9 Å². The molecule has 1 fully saturated rings. The highest BCUT2D eigenvalue weighted by molar-refractivity contribution is 5.90. The fourth-order valence-corrected chi connectivity index (χ4v) is 2.62. The van der Waals surface area contributed by atoms with Crippen LogP contribution in [0.2, 0.25) is 0 Å². The Balaban J connectivity index is 2.04. The van der Waals surface area contributed by atoms with Gasteiger partial charge >= 0.3 is 5.97 Å². The van der Waals surface area contributed by atoms with E-state index in [0.29, 0.717) is 18.8 Å². The number of hydrogen-bond acceptors (Lipinski definition) is 4. The molecular formula is C18H24N2O4. The smallest absolute Gasteiger partial charge is 0.328 e. The molecule has 6 heteroatoms. The summed E-state index contributed by atoms with van der Waals surface area (Å²) in [5.41, 5.74) is 0.934. The zero-order chi connectivity index (χ0) is 17.5. The molecule has 1 aromatic carbocycles. The standard InChI is InChI=1S/C18H24N2O4/c1-12(21)19-15(10-13-6-4-3-5-7-13)17(22)20-16(18(23)24-2)11-14-8-9-14/h3-7,14-16H,8-11H2,1-2H3,(H,19,21)(H,20,22)/t15-,16+/m0/s1. The summed E-state index contributed by atoms with van der Waals surface area (Å²) in [4.78, 5) is 35.9. The maximum absolute atomic E-state index is 12.6. The Kier molecular flexibility index (Phi) is 6.35. The normalized spacial score (nSPS) is 15.9. The topological polar surface area (TPSA) is 84.5 Å². The van der Waals surface area contributed by atoms with Crippen molar-refractivity contribution in [2.24, 2.45) is 5.92 Å². The first-order valence-electron chi connectivity index (χ1n) is 8.18. The Hall–Kier alpha value is -2.37. The van der Waals surface area contributed by atoms with Crippen LogP contribution in [0.4, 0.5) is 0 Å². The minimum absolute atomic E-state index is 0.289. The molecule has 0 aromatic heterocycles. The van der Waals surface area contributed by atoms with E-state index >= 15 is 0 Å². The van der Waals surface area contributed by atoms with Gasteiger partial charge in [-0.3, -0.25) is 9.59 Å². The first kappa shape index (κ1) is 18.0. The molecule has 2 rings (SSSR count). The van der Waals surface area contributed by atoms with Crippen LogP contribution in [0.5, 0.6) is 0 Å². The molecule has 0 bridgehead atoms. The molecule has 130 valence electrons. The number of rotatable bonds is 8. The van der Waals surface area contributed by atoms with Gasteiger partial charge in [-0.05, 0) is 17.9 Å². The van der Waals surface area contributed by atoms with Gasteiger partial charge in [0.05, 0.1) is 7.11 Å². The first-order valence-corrected chi connectivity index (χ1v) is 8.18. The van der Waals surface area contributed by atoms with Crippen LogP contribution in [0.15, 0.2) is 30.3 Å². The second-order valence-corrected chi connectivity index (χ2v) is 6.21. The number of carbonyl (C=O) groups excluding carboxylic acids is 3. The van der Waals surface area contributed by atoms with E-state index in [9.17, 15) is 14.4 Å². The lowest BCUT2D eigenvalue weighted by Gasteiger charge is -2.22. The van der Waals surface area contributed by atoms with Crippen molar-refractivity contribution in [3.8, 4) is 0 Å². The van der Waals surface area contributed by atoms with Gasteiger partial charge < -0.3 is 15.4 Å². The van der Waals surface area contributed by atoms with E-state index in [-0.39, 0.29) is 11.8 Å². The van der Waals surface area contributed by atoms with Gasteiger partial charge in [-0.25, -0.2) is 4.79 Å². The number of ether oxygens (including phenoxy) is 1. The van der Waals surface area contributed by atoms with E-state index in [1.54, 1.807) is 0 Å². The van der Waals surface area contributed by atoms with Gasteiger partial charge in [-0.1, -0.05) is 43.2 Å². The Morgan fingerprint density at radius 2 is 1.79 bits per heavy atom. The average molecular weight is 332 g/mol. The van der Waals surface area contributed by atoms with Gasteiger partial charge in [0.25, 0.3) is 0 Å². The predicted molar refractivity (Wildman–Crippen MR) is 89.0 cm³/mol. The second-order valence-electron chi connectivity index (χ2n) is 6.21. The van der Waals surface area contributed by atoms with Gasteiger partial charge in [0, 0.05) is 13.3 Å². The van der Waals surface area contributed by atoms with Crippen LogP contribution >= 0.6 is 0 Å². The van der Waals surface area contributed by atoms with Crippen LogP contribution in [-0.2, 0) is 25.5 Å². The molecule has 2 N–H and O–H groups in total. The minimum Gasteiger partial charge on any atom is -0.467 e. The van der Waals surface area contributed by atoms with Crippen LogP contribution in [0.1, 0.15) is 31.7 Å². The molecule has 0 radical (unpaired) electrons. The summed E-state index contributed by atoms with van der Waals surface area (Å²) in [7, 11) is 1.31. The van der Waals surface area contributed by atoms with Crippen molar-refractivity contribution >= 4 is 17.8 Å². The molecule has 2 atom stereocenters. The van der Waals surface area contributed by atoms with Crippen LogP contribution in [0.25, 0.3) is 0 Å². The van der Waals surface area contributed by atoms with Crippen molar-refractivity contribution in [1.29, 1.82) is 0 Å². The third-order valence-electron chi connectivity index (χ3n) is 4.04. The predicted octanol–water partition coefficient (Wildman–Crippen LogP) is 1.19. The van der Waals surface area contributed by atoms with Gasteiger partial charge in [0.2, 0.25) is 11.8 Å². The summed E-state index contributed by atoms with van der Waals surface area (Å²) >= 11 is 0. The minimum atomic E-state index is -0.726. The third kappa shape index (κ3) is 5.68.